The molecule has 1 aromatic rings. The smallest absolute Gasteiger partial charge is 0.240 e. The number of benzene rings is 1. The monoisotopic (exact) mass is 342 g/mol. The summed E-state index contributed by atoms with van der Waals surface area (Å²) < 4.78 is 38.1. The fourth-order valence-corrected chi connectivity index (χ4v) is 3.78. The zero-order chi connectivity index (χ0) is 16.9. The minimum atomic E-state index is -3.52. The molecule has 7 heteroatoms. The van der Waals surface area contributed by atoms with Gasteiger partial charge in [0.25, 0.3) is 0 Å². The maximum Gasteiger partial charge on any atom is 0.240 e. The highest BCUT2D eigenvalue weighted by Crippen LogP contribution is 2.17. The first kappa shape index (κ1) is 18.2. The van der Waals surface area contributed by atoms with Crippen molar-refractivity contribution in [3.05, 3.63) is 24.3 Å². The highest BCUT2D eigenvalue weighted by molar-refractivity contribution is 7.89. The predicted molar refractivity (Wildman–Crippen MR) is 89.2 cm³/mol. The molecule has 0 amide bonds. The molecule has 1 N–H and O–H groups in total. The van der Waals surface area contributed by atoms with Crippen LogP contribution in [0.4, 0.5) is 0 Å². The Morgan fingerprint density at radius 1 is 1.22 bits per heavy atom. The van der Waals surface area contributed by atoms with Crippen LogP contribution in [0.15, 0.2) is 29.2 Å². The third-order valence-corrected chi connectivity index (χ3v) is 5.58. The summed E-state index contributed by atoms with van der Waals surface area (Å²) in [6, 6.07) is 6.57. The van der Waals surface area contributed by atoms with Crippen LogP contribution in [0.3, 0.4) is 0 Å². The van der Waals surface area contributed by atoms with E-state index in [1.807, 2.05) is 0 Å². The average molecular weight is 342 g/mol. The standard InChI is InChI=1S/C16H26N2O4S/c1-13(2)16(18-8-10-22-11-9-18)12-17-23(19,20)15-6-4-14(21-3)5-7-15/h4-7,13,16-17H,8-12H2,1-3H3/t16-/m0/s1. The Balaban J connectivity index is 2.02. The molecule has 6 nitrogen and oxygen atoms in total. The molecular weight excluding hydrogens is 316 g/mol. The third-order valence-electron chi connectivity index (χ3n) is 4.14. The van der Waals surface area contributed by atoms with E-state index >= 15 is 0 Å². The molecule has 0 aromatic heterocycles. The normalized spacial score (nSPS) is 18.1. The number of rotatable bonds is 7. The number of hydrogen-bond donors (Lipinski definition) is 1. The Morgan fingerprint density at radius 3 is 2.35 bits per heavy atom. The molecule has 0 saturated carbocycles. The van der Waals surface area contributed by atoms with Gasteiger partial charge < -0.3 is 9.47 Å². The second kappa shape index (κ2) is 8.10. The average Bonchev–Trinajstić information content (AvgIpc) is 2.55. The molecule has 1 aliphatic rings. The van der Waals surface area contributed by atoms with Gasteiger partial charge in [-0.05, 0) is 30.2 Å². The zero-order valence-corrected chi connectivity index (χ0v) is 14.8. The number of nitrogens with one attached hydrogen (secondary N) is 1. The maximum atomic E-state index is 12.4. The van der Waals surface area contributed by atoms with Crippen molar-refractivity contribution in [1.82, 2.24) is 9.62 Å². The van der Waals surface area contributed by atoms with Crippen molar-refractivity contribution in [3.8, 4) is 5.75 Å². The summed E-state index contributed by atoms with van der Waals surface area (Å²) in [6.45, 7) is 7.71. The number of sulfonamides is 1. The van der Waals surface area contributed by atoms with Crippen LogP contribution in [-0.2, 0) is 14.8 Å². The minimum Gasteiger partial charge on any atom is -0.497 e. The molecule has 0 bridgehead atoms. The van der Waals surface area contributed by atoms with Gasteiger partial charge in [-0.2, -0.15) is 0 Å². The zero-order valence-electron chi connectivity index (χ0n) is 14.0. The van der Waals surface area contributed by atoms with E-state index in [0.717, 1.165) is 13.1 Å². The van der Waals surface area contributed by atoms with Crippen molar-refractivity contribution in [2.75, 3.05) is 40.0 Å². The second-order valence-corrected chi connectivity index (χ2v) is 7.75. The third kappa shape index (κ3) is 4.91. The Kier molecular flexibility index (Phi) is 6.41. The number of hydrogen-bond acceptors (Lipinski definition) is 5. The molecule has 1 aliphatic heterocycles. The summed E-state index contributed by atoms with van der Waals surface area (Å²) >= 11 is 0. The molecule has 0 unspecified atom stereocenters. The lowest BCUT2D eigenvalue weighted by Crippen LogP contribution is -2.51. The van der Waals surface area contributed by atoms with Crippen molar-refractivity contribution in [2.24, 2.45) is 5.92 Å². The summed E-state index contributed by atoms with van der Waals surface area (Å²) in [5.74, 6) is 0.990. The fourth-order valence-electron chi connectivity index (χ4n) is 2.73. The van der Waals surface area contributed by atoms with Gasteiger partial charge in [-0.25, -0.2) is 13.1 Å². The lowest BCUT2D eigenvalue weighted by Gasteiger charge is -2.36. The van der Waals surface area contributed by atoms with Crippen LogP contribution >= 0.6 is 0 Å². The van der Waals surface area contributed by atoms with Gasteiger partial charge in [0.15, 0.2) is 0 Å². The molecule has 0 aliphatic carbocycles. The summed E-state index contributed by atoms with van der Waals surface area (Å²) in [5, 5.41) is 0. The van der Waals surface area contributed by atoms with Crippen LogP contribution < -0.4 is 9.46 Å². The summed E-state index contributed by atoms with van der Waals surface area (Å²) in [6.07, 6.45) is 0. The van der Waals surface area contributed by atoms with Gasteiger partial charge >= 0.3 is 0 Å². The van der Waals surface area contributed by atoms with E-state index in [0.29, 0.717) is 31.4 Å². The number of morpholine rings is 1. The Bertz CT molecular complexity index is 581. The number of nitrogens with zero attached hydrogens (tertiary/aromatic N) is 1. The van der Waals surface area contributed by atoms with Crippen molar-refractivity contribution in [1.29, 1.82) is 0 Å². The molecule has 1 heterocycles. The molecule has 1 atom stereocenters. The van der Waals surface area contributed by atoms with E-state index < -0.39 is 10.0 Å². The summed E-state index contributed by atoms with van der Waals surface area (Å²) in [5.41, 5.74) is 0. The first-order valence-electron chi connectivity index (χ1n) is 7.89. The maximum absolute atomic E-state index is 12.4. The Morgan fingerprint density at radius 2 is 1.83 bits per heavy atom. The number of ether oxygens (including phenoxy) is 2. The Hall–Kier alpha value is -1.15. The van der Waals surface area contributed by atoms with Gasteiger partial charge in [-0.15, -0.1) is 0 Å². The van der Waals surface area contributed by atoms with Gasteiger partial charge in [-0.1, -0.05) is 13.8 Å². The van der Waals surface area contributed by atoms with Crippen LogP contribution in [0.1, 0.15) is 13.8 Å². The van der Waals surface area contributed by atoms with E-state index in [4.69, 9.17) is 9.47 Å². The van der Waals surface area contributed by atoms with Crippen molar-refractivity contribution in [2.45, 2.75) is 24.8 Å². The van der Waals surface area contributed by atoms with Crippen LogP contribution in [0.2, 0.25) is 0 Å². The van der Waals surface area contributed by atoms with Gasteiger partial charge in [0.1, 0.15) is 5.75 Å². The summed E-state index contributed by atoms with van der Waals surface area (Å²) in [4.78, 5) is 2.55. The van der Waals surface area contributed by atoms with Crippen LogP contribution in [-0.4, -0.2) is 59.3 Å². The van der Waals surface area contributed by atoms with Crippen molar-refractivity contribution >= 4 is 10.0 Å². The predicted octanol–water partition coefficient (Wildman–Crippen LogP) is 1.33. The molecule has 130 valence electrons. The minimum absolute atomic E-state index is 0.159. The Labute approximate surface area is 138 Å². The SMILES string of the molecule is COc1ccc(S(=O)(=O)NC[C@@H](C(C)C)N2CCOCC2)cc1. The largest absolute Gasteiger partial charge is 0.497 e. The summed E-state index contributed by atoms with van der Waals surface area (Å²) in [7, 11) is -1.96. The number of methoxy groups -OCH3 is 1. The van der Waals surface area contributed by atoms with E-state index in [9.17, 15) is 8.42 Å². The molecule has 0 radical (unpaired) electrons. The van der Waals surface area contributed by atoms with Gasteiger partial charge in [0.2, 0.25) is 10.0 Å². The van der Waals surface area contributed by atoms with Crippen molar-refractivity contribution < 1.29 is 17.9 Å². The lowest BCUT2D eigenvalue weighted by atomic mass is 10.0. The van der Waals surface area contributed by atoms with Crippen LogP contribution in [0, 0.1) is 5.92 Å². The van der Waals surface area contributed by atoms with Crippen LogP contribution in [0.25, 0.3) is 0 Å². The van der Waals surface area contributed by atoms with E-state index in [1.54, 1.807) is 31.4 Å². The molecule has 1 saturated heterocycles. The highest BCUT2D eigenvalue weighted by atomic mass is 32.2. The first-order chi connectivity index (χ1) is 10.9. The topological polar surface area (TPSA) is 67.9 Å². The molecule has 1 aromatic carbocycles. The van der Waals surface area contributed by atoms with E-state index in [-0.39, 0.29) is 10.9 Å². The molecular formula is C16H26N2O4S. The van der Waals surface area contributed by atoms with E-state index in [1.165, 1.54) is 0 Å². The quantitative estimate of drug-likeness (QED) is 0.810. The van der Waals surface area contributed by atoms with Gasteiger partial charge in [-0.3, -0.25) is 4.90 Å². The molecule has 2 rings (SSSR count). The van der Waals surface area contributed by atoms with E-state index in [2.05, 4.69) is 23.5 Å². The molecule has 23 heavy (non-hydrogen) atoms. The van der Waals surface area contributed by atoms with Crippen molar-refractivity contribution in [3.63, 3.8) is 0 Å². The van der Waals surface area contributed by atoms with Gasteiger partial charge in [0, 0.05) is 25.7 Å². The lowest BCUT2D eigenvalue weighted by molar-refractivity contribution is 0.00776. The molecule has 1 fully saturated rings. The van der Waals surface area contributed by atoms with Gasteiger partial charge in [0.05, 0.1) is 25.2 Å². The highest BCUT2D eigenvalue weighted by Gasteiger charge is 2.25. The first-order valence-corrected chi connectivity index (χ1v) is 9.38. The second-order valence-electron chi connectivity index (χ2n) is 5.99. The van der Waals surface area contributed by atoms with Crippen LogP contribution in [0.5, 0.6) is 5.75 Å². The fraction of sp³-hybridized carbons (Fsp3) is 0.625. The molecule has 0 spiro atoms.